The Labute approximate surface area is 107 Å². The number of ether oxygens (including phenoxy) is 1. The fraction of sp³-hybridized carbons (Fsp3) is 0.0769. The summed E-state index contributed by atoms with van der Waals surface area (Å²) in [6.07, 6.45) is 0. The van der Waals surface area contributed by atoms with Gasteiger partial charge in [-0.2, -0.15) is 4.39 Å². The van der Waals surface area contributed by atoms with Gasteiger partial charge in [0.1, 0.15) is 18.2 Å². The Morgan fingerprint density at radius 3 is 2.42 bits per heavy atom. The Morgan fingerprint density at radius 1 is 1.11 bits per heavy atom. The van der Waals surface area contributed by atoms with Gasteiger partial charge >= 0.3 is 5.69 Å². The van der Waals surface area contributed by atoms with E-state index in [0.29, 0.717) is 5.75 Å². The lowest BCUT2D eigenvalue weighted by atomic mass is 10.2. The molecule has 0 amide bonds. The number of nitro groups is 1. The molecule has 0 heterocycles. The van der Waals surface area contributed by atoms with E-state index in [9.17, 15) is 18.9 Å². The van der Waals surface area contributed by atoms with Crippen LogP contribution < -0.4 is 4.74 Å². The molecule has 6 heteroatoms. The maximum atomic E-state index is 13.7. The van der Waals surface area contributed by atoms with Crippen LogP contribution in [0.1, 0.15) is 5.56 Å². The molecule has 0 radical (unpaired) electrons. The van der Waals surface area contributed by atoms with Crippen molar-refractivity contribution in [1.82, 2.24) is 0 Å². The summed E-state index contributed by atoms with van der Waals surface area (Å²) in [7, 11) is 0. The van der Waals surface area contributed by atoms with Crippen LogP contribution in [0, 0.1) is 21.7 Å². The Hall–Kier alpha value is -2.50. The highest BCUT2D eigenvalue weighted by Crippen LogP contribution is 2.21. The van der Waals surface area contributed by atoms with E-state index < -0.39 is 22.2 Å². The second kappa shape index (κ2) is 5.43. The van der Waals surface area contributed by atoms with Gasteiger partial charge in [-0.3, -0.25) is 10.1 Å². The first-order valence-corrected chi connectivity index (χ1v) is 5.38. The van der Waals surface area contributed by atoms with Gasteiger partial charge in [0, 0.05) is 11.6 Å². The molecule has 2 rings (SSSR count). The topological polar surface area (TPSA) is 52.4 Å². The average Bonchev–Trinajstić information content (AvgIpc) is 2.39. The number of hydrogen-bond donors (Lipinski definition) is 0. The summed E-state index contributed by atoms with van der Waals surface area (Å²) in [5.41, 5.74) is -0.529. The molecule has 2 aromatic carbocycles. The largest absolute Gasteiger partial charge is 0.489 e. The van der Waals surface area contributed by atoms with Gasteiger partial charge in [0.25, 0.3) is 0 Å². The van der Waals surface area contributed by atoms with E-state index in [1.54, 1.807) is 0 Å². The fourth-order valence-corrected chi connectivity index (χ4v) is 1.51. The van der Waals surface area contributed by atoms with Crippen LogP contribution >= 0.6 is 0 Å². The molecule has 0 saturated carbocycles. The first kappa shape index (κ1) is 12.9. The lowest BCUT2D eigenvalue weighted by Crippen LogP contribution is -2.01. The van der Waals surface area contributed by atoms with Gasteiger partial charge in [-0.25, -0.2) is 4.39 Å². The monoisotopic (exact) mass is 265 g/mol. The maximum Gasteiger partial charge on any atom is 0.305 e. The average molecular weight is 265 g/mol. The zero-order valence-electron chi connectivity index (χ0n) is 9.68. The summed E-state index contributed by atoms with van der Waals surface area (Å²) < 4.78 is 31.6. The van der Waals surface area contributed by atoms with Crippen LogP contribution in [0.3, 0.4) is 0 Å². The minimum atomic E-state index is -0.922. The van der Waals surface area contributed by atoms with Gasteiger partial charge < -0.3 is 4.74 Å². The van der Waals surface area contributed by atoms with E-state index in [0.717, 1.165) is 6.07 Å². The molecule has 0 aliphatic heterocycles. The van der Waals surface area contributed by atoms with Crippen molar-refractivity contribution < 1.29 is 18.4 Å². The summed E-state index contributed by atoms with van der Waals surface area (Å²) in [5, 5.41) is 10.6. The van der Waals surface area contributed by atoms with E-state index in [1.807, 2.05) is 0 Å². The number of benzene rings is 2. The second-order valence-electron chi connectivity index (χ2n) is 3.75. The van der Waals surface area contributed by atoms with Crippen LogP contribution in [0.25, 0.3) is 0 Å². The molecule has 0 unspecified atom stereocenters. The van der Waals surface area contributed by atoms with E-state index in [4.69, 9.17) is 4.74 Å². The molecule has 0 saturated heterocycles. The molecule has 19 heavy (non-hydrogen) atoms. The Kier molecular flexibility index (Phi) is 3.70. The van der Waals surface area contributed by atoms with Crippen molar-refractivity contribution in [3.8, 4) is 5.75 Å². The fourth-order valence-electron chi connectivity index (χ4n) is 1.51. The van der Waals surface area contributed by atoms with Gasteiger partial charge in [0.2, 0.25) is 5.82 Å². The molecule has 2 aromatic rings. The SMILES string of the molecule is O=[N+]([O-])c1cccc(COc2ccc(F)cc2)c1F. The molecular formula is C13H9F2NO3. The number of nitrogens with zero attached hydrogens (tertiary/aromatic N) is 1. The lowest BCUT2D eigenvalue weighted by Gasteiger charge is -2.07. The molecule has 0 fully saturated rings. The summed E-state index contributed by atoms with van der Waals surface area (Å²) >= 11 is 0. The molecule has 0 bridgehead atoms. The van der Waals surface area contributed by atoms with Crippen LogP contribution in [0.4, 0.5) is 14.5 Å². The van der Waals surface area contributed by atoms with Crippen LogP contribution in [0.5, 0.6) is 5.75 Å². The molecule has 0 aromatic heterocycles. The summed E-state index contributed by atoms with van der Waals surface area (Å²) in [6, 6.07) is 9.06. The van der Waals surface area contributed by atoms with Crippen LogP contribution in [-0.2, 0) is 6.61 Å². The normalized spacial score (nSPS) is 10.2. The third kappa shape index (κ3) is 3.04. The highest BCUT2D eigenvalue weighted by molar-refractivity contribution is 5.36. The third-order valence-corrected chi connectivity index (χ3v) is 2.46. The second-order valence-corrected chi connectivity index (χ2v) is 3.75. The molecular weight excluding hydrogens is 256 g/mol. The Morgan fingerprint density at radius 2 is 1.79 bits per heavy atom. The summed E-state index contributed by atoms with van der Waals surface area (Å²) in [4.78, 5) is 9.77. The quantitative estimate of drug-likeness (QED) is 0.628. The minimum absolute atomic E-state index is 0.0681. The maximum absolute atomic E-state index is 13.7. The van der Waals surface area contributed by atoms with Crippen LogP contribution in [-0.4, -0.2) is 4.92 Å². The smallest absolute Gasteiger partial charge is 0.305 e. The van der Waals surface area contributed by atoms with Crippen molar-refractivity contribution in [2.75, 3.05) is 0 Å². The Balaban J connectivity index is 2.13. The Bertz CT molecular complexity index is 599. The first-order chi connectivity index (χ1) is 9.08. The van der Waals surface area contributed by atoms with Gasteiger partial charge in [-0.05, 0) is 24.3 Å². The summed E-state index contributed by atoms with van der Waals surface area (Å²) in [5.74, 6) is -0.976. The predicted molar refractivity (Wildman–Crippen MR) is 63.8 cm³/mol. The number of nitro benzene ring substituents is 1. The van der Waals surface area contributed by atoms with Gasteiger partial charge in [0.05, 0.1) is 4.92 Å². The molecule has 0 spiro atoms. The van der Waals surface area contributed by atoms with Crippen LogP contribution in [0.2, 0.25) is 0 Å². The third-order valence-electron chi connectivity index (χ3n) is 2.46. The molecule has 0 aliphatic carbocycles. The molecule has 0 atom stereocenters. The van der Waals surface area contributed by atoms with Crippen molar-refractivity contribution in [2.45, 2.75) is 6.61 Å². The van der Waals surface area contributed by atoms with Crippen molar-refractivity contribution in [3.63, 3.8) is 0 Å². The number of hydrogen-bond acceptors (Lipinski definition) is 3. The van der Waals surface area contributed by atoms with E-state index in [2.05, 4.69) is 0 Å². The molecule has 0 aliphatic rings. The van der Waals surface area contributed by atoms with E-state index in [1.165, 1.54) is 36.4 Å². The predicted octanol–water partition coefficient (Wildman–Crippen LogP) is 3.45. The van der Waals surface area contributed by atoms with Crippen molar-refractivity contribution >= 4 is 5.69 Å². The van der Waals surface area contributed by atoms with Crippen molar-refractivity contribution in [3.05, 3.63) is 69.8 Å². The highest BCUT2D eigenvalue weighted by atomic mass is 19.1. The van der Waals surface area contributed by atoms with Crippen LogP contribution in [0.15, 0.2) is 42.5 Å². The zero-order chi connectivity index (χ0) is 13.8. The van der Waals surface area contributed by atoms with Gasteiger partial charge in [-0.15, -0.1) is 0 Å². The highest BCUT2D eigenvalue weighted by Gasteiger charge is 2.17. The number of halogens is 2. The summed E-state index contributed by atoms with van der Waals surface area (Å²) in [6.45, 7) is -0.168. The molecule has 98 valence electrons. The molecule has 4 nitrogen and oxygen atoms in total. The van der Waals surface area contributed by atoms with E-state index in [-0.39, 0.29) is 12.2 Å². The standard InChI is InChI=1S/C13H9F2NO3/c14-10-4-6-11(7-5-10)19-8-9-2-1-3-12(13(9)15)16(17)18/h1-7H,8H2. The lowest BCUT2D eigenvalue weighted by molar-refractivity contribution is -0.387. The minimum Gasteiger partial charge on any atom is -0.489 e. The van der Waals surface area contributed by atoms with Gasteiger partial charge in [0.15, 0.2) is 0 Å². The first-order valence-electron chi connectivity index (χ1n) is 5.38. The van der Waals surface area contributed by atoms with Crippen molar-refractivity contribution in [2.24, 2.45) is 0 Å². The van der Waals surface area contributed by atoms with Crippen molar-refractivity contribution in [1.29, 1.82) is 0 Å². The van der Waals surface area contributed by atoms with Gasteiger partial charge in [-0.1, -0.05) is 12.1 Å². The molecule has 0 N–H and O–H groups in total. The van der Waals surface area contributed by atoms with E-state index >= 15 is 0 Å². The number of rotatable bonds is 4. The zero-order valence-corrected chi connectivity index (χ0v) is 9.68.